The number of esters is 2. The highest BCUT2D eigenvalue weighted by atomic mass is 35.5. The van der Waals surface area contributed by atoms with Gasteiger partial charge in [-0.15, -0.1) is 0 Å². The van der Waals surface area contributed by atoms with E-state index in [-0.39, 0.29) is 6.61 Å². The molecule has 0 aromatic heterocycles. The molecule has 0 saturated carbocycles. The molecule has 1 aliphatic rings. The zero-order valence-electron chi connectivity index (χ0n) is 14.1. The predicted octanol–water partition coefficient (Wildman–Crippen LogP) is 3.31. The molecule has 1 heterocycles. The number of carbonyl (C=O) groups is 2. The van der Waals surface area contributed by atoms with E-state index in [1.165, 1.54) is 7.11 Å². The summed E-state index contributed by atoms with van der Waals surface area (Å²) >= 11 is 6.34. The minimum absolute atomic E-state index is 0.237. The fourth-order valence-corrected chi connectivity index (χ4v) is 3.12. The average Bonchev–Trinajstić information content (AvgIpc) is 2.54. The van der Waals surface area contributed by atoms with Crippen LogP contribution in [0.25, 0.3) is 0 Å². The van der Waals surface area contributed by atoms with Crippen LogP contribution in [-0.2, 0) is 19.1 Å². The van der Waals surface area contributed by atoms with Gasteiger partial charge in [0.2, 0.25) is 0 Å². The second-order valence-electron chi connectivity index (χ2n) is 5.37. The van der Waals surface area contributed by atoms with Crippen molar-refractivity contribution in [3.63, 3.8) is 0 Å². The Labute approximate surface area is 146 Å². The summed E-state index contributed by atoms with van der Waals surface area (Å²) in [5.41, 5.74) is 2.61. The second kappa shape index (κ2) is 7.53. The molecule has 0 spiro atoms. The molecule has 1 N–H and O–H groups in total. The van der Waals surface area contributed by atoms with Gasteiger partial charge in [-0.2, -0.15) is 0 Å². The summed E-state index contributed by atoms with van der Waals surface area (Å²) in [7, 11) is 1.31. The number of carbonyl (C=O) groups excluding carboxylic acids is 2. The molecule has 2 rings (SSSR count). The quantitative estimate of drug-likeness (QED) is 0.845. The summed E-state index contributed by atoms with van der Waals surface area (Å²) in [6, 6.07) is 7.12. The lowest BCUT2D eigenvalue weighted by Gasteiger charge is -2.30. The molecule has 0 aliphatic carbocycles. The Bertz CT molecular complexity index is 736. The number of allylic oxidation sites excluding steroid dienone is 2. The first-order chi connectivity index (χ1) is 11.4. The average molecular weight is 350 g/mol. The van der Waals surface area contributed by atoms with E-state index in [4.69, 9.17) is 21.1 Å². The third-order valence-electron chi connectivity index (χ3n) is 3.88. The summed E-state index contributed by atoms with van der Waals surface area (Å²) in [5, 5.41) is 3.53. The van der Waals surface area contributed by atoms with Crippen LogP contribution in [0.2, 0.25) is 5.02 Å². The summed E-state index contributed by atoms with van der Waals surface area (Å²) in [4.78, 5) is 24.9. The normalized spacial score (nSPS) is 17.5. The van der Waals surface area contributed by atoms with E-state index in [0.29, 0.717) is 33.1 Å². The van der Waals surface area contributed by atoms with Crippen molar-refractivity contribution in [1.82, 2.24) is 5.32 Å². The van der Waals surface area contributed by atoms with Crippen LogP contribution in [0.4, 0.5) is 0 Å². The van der Waals surface area contributed by atoms with Crippen molar-refractivity contribution in [2.45, 2.75) is 26.7 Å². The molecule has 6 heteroatoms. The number of halogens is 1. The van der Waals surface area contributed by atoms with E-state index < -0.39 is 17.9 Å². The molecule has 0 radical (unpaired) electrons. The molecular formula is C18H20ClNO4. The number of rotatable bonds is 4. The highest BCUT2D eigenvalue weighted by molar-refractivity contribution is 6.31. The van der Waals surface area contributed by atoms with Gasteiger partial charge in [0, 0.05) is 16.4 Å². The topological polar surface area (TPSA) is 64.6 Å². The van der Waals surface area contributed by atoms with E-state index in [2.05, 4.69) is 5.32 Å². The molecule has 0 amide bonds. The molecule has 1 atom stereocenters. The van der Waals surface area contributed by atoms with Crippen molar-refractivity contribution >= 4 is 23.5 Å². The number of ether oxygens (including phenoxy) is 2. The molecule has 1 aliphatic heterocycles. The van der Waals surface area contributed by atoms with Crippen molar-refractivity contribution in [2.24, 2.45) is 0 Å². The maximum Gasteiger partial charge on any atom is 0.336 e. The molecule has 24 heavy (non-hydrogen) atoms. The zero-order valence-corrected chi connectivity index (χ0v) is 14.9. The Morgan fingerprint density at radius 2 is 1.71 bits per heavy atom. The van der Waals surface area contributed by atoms with Gasteiger partial charge in [-0.05, 0) is 32.4 Å². The summed E-state index contributed by atoms with van der Waals surface area (Å²) < 4.78 is 10.1. The monoisotopic (exact) mass is 349 g/mol. The van der Waals surface area contributed by atoms with Gasteiger partial charge in [-0.25, -0.2) is 9.59 Å². The fourth-order valence-electron chi connectivity index (χ4n) is 2.87. The van der Waals surface area contributed by atoms with E-state index in [0.717, 1.165) is 0 Å². The number of dihydropyridines is 1. The van der Waals surface area contributed by atoms with Gasteiger partial charge in [0.15, 0.2) is 0 Å². The van der Waals surface area contributed by atoms with Crippen molar-refractivity contribution < 1.29 is 19.1 Å². The van der Waals surface area contributed by atoms with E-state index in [9.17, 15) is 9.59 Å². The Kier molecular flexibility index (Phi) is 5.67. The van der Waals surface area contributed by atoms with Gasteiger partial charge < -0.3 is 14.8 Å². The van der Waals surface area contributed by atoms with Crippen molar-refractivity contribution in [2.75, 3.05) is 13.7 Å². The fraction of sp³-hybridized carbons (Fsp3) is 0.333. The van der Waals surface area contributed by atoms with Crippen LogP contribution in [0, 0.1) is 0 Å². The van der Waals surface area contributed by atoms with Gasteiger partial charge in [-0.1, -0.05) is 29.8 Å². The van der Waals surface area contributed by atoms with Crippen LogP contribution in [0.1, 0.15) is 32.3 Å². The van der Waals surface area contributed by atoms with Crippen LogP contribution >= 0.6 is 11.6 Å². The first-order valence-corrected chi connectivity index (χ1v) is 7.98. The lowest BCUT2D eigenvalue weighted by molar-refractivity contribution is -0.139. The van der Waals surface area contributed by atoms with Gasteiger partial charge in [0.05, 0.1) is 30.8 Å². The molecule has 1 aromatic carbocycles. The van der Waals surface area contributed by atoms with Crippen molar-refractivity contribution in [3.8, 4) is 0 Å². The Hall–Kier alpha value is -2.27. The number of nitrogens with one attached hydrogen (secondary N) is 1. The van der Waals surface area contributed by atoms with Crippen LogP contribution < -0.4 is 5.32 Å². The van der Waals surface area contributed by atoms with Crippen LogP contribution in [-0.4, -0.2) is 25.7 Å². The minimum Gasteiger partial charge on any atom is -0.466 e. The molecule has 0 saturated heterocycles. The predicted molar refractivity (Wildman–Crippen MR) is 91.4 cm³/mol. The minimum atomic E-state index is -0.647. The van der Waals surface area contributed by atoms with E-state index in [1.807, 2.05) is 6.07 Å². The number of methoxy groups -OCH3 is 1. The van der Waals surface area contributed by atoms with E-state index in [1.54, 1.807) is 39.0 Å². The lowest BCUT2D eigenvalue weighted by atomic mass is 9.80. The van der Waals surface area contributed by atoms with Crippen molar-refractivity contribution in [3.05, 3.63) is 57.4 Å². The molecule has 5 nitrogen and oxygen atoms in total. The Morgan fingerprint density at radius 3 is 2.25 bits per heavy atom. The molecular weight excluding hydrogens is 330 g/mol. The second-order valence-corrected chi connectivity index (χ2v) is 5.78. The van der Waals surface area contributed by atoms with Crippen LogP contribution in [0.5, 0.6) is 0 Å². The lowest BCUT2D eigenvalue weighted by Crippen LogP contribution is -2.32. The maximum atomic E-state index is 12.5. The largest absolute Gasteiger partial charge is 0.466 e. The summed E-state index contributed by atoms with van der Waals surface area (Å²) in [6.07, 6.45) is 0. The number of hydrogen-bond donors (Lipinski definition) is 1. The third kappa shape index (κ3) is 3.31. The Morgan fingerprint density at radius 1 is 1.12 bits per heavy atom. The first kappa shape index (κ1) is 18.1. The zero-order chi connectivity index (χ0) is 17.9. The Balaban J connectivity index is 2.69. The van der Waals surface area contributed by atoms with Crippen molar-refractivity contribution in [1.29, 1.82) is 0 Å². The third-order valence-corrected chi connectivity index (χ3v) is 4.22. The maximum absolute atomic E-state index is 12.5. The summed E-state index contributed by atoms with van der Waals surface area (Å²) in [5.74, 6) is -1.65. The smallest absolute Gasteiger partial charge is 0.336 e. The molecule has 0 bridgehead atoms. The van der Waals surface area contributed by atoms with Gasteiger partial charge >= 0.3 is 11.9 Å². The number of benzene rings is 1. The van der Waals surface area contributed by atoms with Gasteiger partial charge in [0.25, 0.3) is 0 Å². The van der Waals surface area contributed by atoms with E-state index >= 15 is 0 Å². The molecule has 0 fully saturated rings. The first-order valence-electron chi connectivity index (χ1n) is 7.60. The molecule has 0 unspecified atom stereocenters. The van der Waals surface area contributed by atoms with Crippen LogP contribution in [0.15, 0.2) is 46.8 Å². The highest BCUT2D eigenvalue weighted by Gasteiger charge is 2.38. The molecule has 128 valence electrons. The standard InChI is InChI=1S/C18H20ClNO4/c1-5-24-18(22)15-11(3)20-10(2)14(17(21)23-4)16(15)12-8-6-7-9-13(12)19/h6-9,16,20H,5H2,1-4H3/t16-/m1/s1. The van der Waals surface area contributed by atoms with Gasteiger partial charge in [0.1, 0.15) is 0 Å². The van der Waals surface area contributed by atoms with Gasteiger partial charge in [-0.3, -0.25) is 0 Å². The summed E-state index contributed by atoms with van der Waals surface area (Å²) in [6.45, 7) is 5.51. The number of hydrogen-bond acceptors (Lipinski definition) is 5. The molecule has 1 aromatic rings. The van der Waals surface area contributed by atoms with Crippen LogP contribution in [0.3, 0.4) is 0 Å². The SMILES string of the molecule is CCOC(=O)C1=C(C)NC(C)=C(C(=O)OC)[C@H]1c1ccccc1Cl. The highest BCUT2D eigenvalue weighted by Crippen LogP contribution is 2.41.